The van der Waals surface area contributed by atoms with Gasteiger partial charge in [-0.2, -0.15) is 0 Å². The number of nitrogens with one attached hydrogen (secondary N) is 1. The third-order valence-electron chi connectivity index (χ3n) is 3.89. The van der Waals surface area contributed by atoms with Crippen LogP contribution in [0.4, 0.5) is 0 Å². The highest BCUT2D eigenvalue weighted by Crippen LogP contribution is 2.27. The molecule has 2 aromatic rings. The largest absolute Gasteiger partial charge is 0.450 e. The maximum atomic E-state index is 12.4. The van der Waals surface area contributed by atoms with Gasteiger partial charge in [-0.15, -0.1) is 12.4 Å². The Labute approximate surface area is 137 Å². The summed E-state index contributed by atoms with van der Waals surface area (Å²) in [5.41, 5.74) is 8.45. The summed E-state index contributed by atoms with van der Waals surface area (Å²) in [4.78, 5) is 12.4. The number of nitrogens with two attached hydrogens (primary N) is 1. The van der Waals surface area contributed by atoms with Crippen LogP contribution in [0.3, 0.4) is 0 Å². The lowest BCUT2D eigenvalue weighted by atomic mass is 10.1. The summed E-state index contributed by atoms with van der Waals surface area (Å²) in [7, 11) is 0. The number of rotatable bonds is 6. The van der Waals surface area contributed by atoms with Crippen LogP contribution < -0.4 is 11.1 Å². The molecule has 0 aliphatic carbocycles. The number of benzene rings is 1. The first-order valence-electron chi connectivity index (χ1n) is 7.58. The van der Waals surface area contributed by atoms with Gasteiger partial charge >= 0.3 is 0 Å². The molecule has 0 bridgehead atoms. The predicted molar refractivity (Wildman–Crippen MR) is 92.8 cm³/mol. The second-order valence-corrected chi connectivity index (χ2v) is 5.56. The molecule has 0 aliphatic heterocycles. The maximum absolute atomic E-state index is 12.4. The summed E-state index contributed by atoms with van der Waals surface area (Å²) in [6.45, 7) is 6.48. The number of para-hydroxylation sites is 1. The van der Waals surface area contributed by atoms with Crippen molar-refractivity contribution in [2.24, 2.45) is 5.73 Å². The van der Waals surface area contributed by atoms with E-state index in [-0.39, 0.29) is 24.4 Å². The van der Waals surface area contributed by atoms with Crippen molar-refractivity contribution in [2.45, 2.75) is 46.1 Å². The molecule has 0 aliphatic rings. The fourth-order valence-electron chi connectivity index (χ4n) is 2.55. The van der Waals surface area contributed by atoms with Crippen LogP contribution in [0.15, 0.2) is 22.6 Å². The molecule has 1 amide bonds. The topological polar surface area (TPSA) is 68.3 Å². The van der Waals surface area contributed by atoms with Crippen LogP contribution in [0, 0.1) is 13.8 Å². The smallest absolute Gasteiger partial charge is 0.287 e. The first kappa shape index (κ1) is 18.5. The van der Waals surface area contributed by atoms with Crippen LogP contribution in [-0.4, -0.2) is 18.5 Å². The molecule has 0 radical (unpaired) electrons. The van der Waals surface area contributed by atoms with Gasteiger partial charge in [-0.1, -0.05) is 38.0 Å². The molecule has 4 nitrogen and oxygen atoms in total. The van der Waals surface area contributed by atoms with Crippen molar-refractivity contribution in [2.75, 3.05) is 6.54 Å². The van der Waals surface area contributed by atoms with E-state index < -0.39 is 0 Å². The summed E-state index contributed by atoms with van der Waals surface area (Å²) >= 11 is 0. The molecule has 5 heteroatoms. The number of hydrogen-bond donors (Lipinski definition) is 2. The van der Waals surface area contributed by atoms with Crippen molar-refractivity contribution in [3.8, 4) is 0 Å². The number of fused-ring (bicyclic) bond motifs is 1. The Morgan fingerprint density at radius 1 is 1.36 bits per heavy atom. The first-order chi connectivity index (χ1) is 10.1. The molecule has 2 rings (SSSR count). The summed E-state index contributed by atoms with van der Waals surface area (Å²) < 4.78 is 5.79. The van der Waals surface area contributed by atoms with Gasteiger partial charge in [0.25, 0.3) is 5.91 Å². The molecule has 122 valence electrons. The number of hydrogen-bond acceptors (Lipinski definition) is 3. The average molecular weight is 325 g/mol. The standard InChI is InChI=1S/C17H24N2O2.ClH/c1-4-5-8-13(10-18)19-17(20)16-12(3)14-9-6-7-11(2)15(14)21-16;/h6-7,9,13H,4-5,8,10,18H2,1-3H3,(H,19,20);1H. The van der Waals surface area contributed by atoms with Gasteiger partial charge in [0.15, 0.2) is 5.76 Å². The Kier molecular flexibility index (Phi) is 6.91. The highest BCUT2D eigenvalue weighted by Gasteiger charge is 2.20. The summed E-state index contributed by atoms with van der Waals surface area (Å²) in [6, 6.07) is 5.95. The Morgan fingerprint density at radius 3 is 2.68 bits per heavy atom. The number of halogens is 1. The van der Waals surface area contributed by atoms with E-state index in [1.54, 1.807) is 0 Å². The normalized spacial score (nSPS) is 12.0. The van der Waals surface area contributed by atoms with Crippen molar-refractivity contribution in [3.63, 3.8) is 0 Å². The van der Waals surface area contributed by atoms with Crippen molar-refractivity contribution in [1.29, 1.82) is 0 Å². The van der Waals surface area contributed by atoms with E-state index in [2.05, 4.69) is 12.2 Å². The monoisotopic (exact) mass is 324 g/mol. The highest BCUT2D eigenvalue weighted by molar-refractivity contribution is 5.99. The number of unbranched alkanes of at least 4 members (excludes halogenated alkanes) is 1. The highest BCUT2D eigenvalue weighted by atomic mass is 35.5. The summed E-state index contributed by atoms with van der Waals surface area (Å²) in [6.07, 6.45) is 3.05. The van der Waals surface area contributed by atoms with Crippen LogP contribution in [-0.2, 0) is 0 Å². The SMILES string of the molecule is CCCCC(CN)NC(=O)c1oc2c(C)cccc2c1C.Cl. The van der Waals surface area contributed by atoms with Crippen LogP contribution in [0.25, 0.3) is 11.0 Å². The Balaban J connectivity index is 0.00000242. The fourth-order valence-corrected chi connectivity index (χ4v) is 2.55. The van der Waals surface area contributed by atoms with Crippen molar-refractivity contribution >= 4 is 29.3 Å². The minimum Gasteiger partial charge on any atom is -0.450 e. The molecular formula is C17H25ClN2O2. The second-order valence-electron chi connectivity index (χ2n) is 5.56. The van der Waals surface area contributed by atoms with E-state index >= 15 is 0 Å². The van der Waals surface area contributed by atoms with E-state index in [1.165, 1.54) is 0 Å². The van der Waals surface area contributed by atoms with Gasteiger partial charge < -0.3 is 15.5 Å². The number of carbonyl (C=O) groups excluding carboxylic acids is 1. The number of furan rings is 1. The number of carbonyl (C=O) groups is 1. The van der Waals surface area contributed by atoms with Gasteiger partial charge in [0.2, 0.25) is 0 Å². The van der Waals surface area contributed by atoms with Gasteiger partial charge in [-0.25, -0.2) is 0 Å². The van der Waals surface area contributed by atoms with Crippen molar-refractivity contribution in [3.05, 3.63) is 35.1 Å². The van der Waals surface area contributed by atoms with Gasteiger partial charge in [0, 0.05) is 23.5 Å². The first-order valence-corrected chi connectivity index (χ1v) is 7.58. The Morgan fingerprint density at radius 2 is 2.09 bits per heavy atom. The molecule has 0 saturated heterocycles. The molecule has 22 heavy (non-hydrogen) atoms. The summed E-state index contributed by atoms with van der Waals surface area (Å²) in [5.74, 6) is 0.226. The van der Waals surface area contributed by atoms with Gasteiger partial charge in [-0.05, 0) is 25.8 Å². The molecule has 0 fully saturated rings. The molecule has 1 unspecified atom stereocenters. The number of amides is 1. The van der Waals surface area contributed by atoms with Gasteiger partial charge in [-0.3, -0.25) is 4.79 Å². The van der Waals surface area contributed by atoms with E-state index in [4.69, 9.17) is 10.2 Å². The third kappa shape index (κ3) is 3.81. The third-order valence-corrected chi connectivity index (χ3v) is 3.89. The van der Waals surface area contributed by atoms with Crippen LogP contribution in [0.1, 0.15) is 47.9 Å². The zero-order chi connectivity index (χ0) is 15.4. The summed E-state index contributed by atoms with van der Waals surface area (Å²) in [5, 5.41) is 3.98. The molecule has 1 atom stereocenters. The molecule has 0 spiro atoms. The minimum atomic E-state index is -0.172. The molecule has 1 aromatic heterocycles. The quantitative estimate of drug-likeness (QED) is 0.851. The second kappa shape index (κ2) is 8.20. The van der Waals surface area contributed by atoms with Crippen molar-refractivity contribution in [1.82, 2.24) is 5.32 Å². The van der Waals surface area contributed by atoms with Crippen LogP contribution in [0.2, 0.25) is 0 Å². The van der Waals surface area contributed by atoms with Gasteiger partial charge in [0.05, 0.1) is 0 Å². The maximum Gasteiger partial charge on any atom is 0.287 e. The zero-order valence-electron chi connectivity index (χ0n) is 13.4. The van der Waals surface area contributed by atoms with E-state index in [0.29, 0.717) is 12.3 Å². The lowest BCUT2D eigenvalue weighted by molar-refractivity contribution is 0.0909. The van der Waals surface area contributed by atoms with E-state index in [0.717, 1.165) is 41.4 Å². The lowest BCUT2D eigenvalue weighted by Gasteiger charge is -2.15. The molecule has 1 heterocycles. The minimum absolute atomic E-state index is 0. The Hall–Kier alpha value is -1.52. The van der Waals surface area contributed by atoms with E-state index in [1.807, 2.05) is 32.0 Å². The molecule has 0 saturated carbocycles. The lowest BCUT2D eigenvalue weighted by Crippen LogP contribution is -2.40. The predicted octanol–water partition coefficient (Wildman–Crippen LogP) is 3.72. The molecular weight excluding hydrogens is 300 g/mol. The van der Waals surface area contributed by atoms with Crippen LogP contribution in [0.5, 0.6) is 0 Å². The Bertz CT molecular complexity index is 637. The molecule has 3 N–H and O–H groups in total. The van der Waals surface area contributed by atoms with Crippen LogP contribution >= 0.6 is 12.4 Å². The number of aryl methyl sites for hydroxylation is 2. The van der Waals surface area contributed by atoms with Crippen molar-refractivity contribution < 1.29 is 9.21 Å². The molecule has 1 aromatic carbocycles. The van der Waals surface area contributed by atoms with Gasteiger partial charge in [0.1, 0.15) is 5.58 Å². The van der Waals surface area contributed by atoms with E-state index in [9.17, 15) is 4.79 Å². The zero-order valence-corrected chi connectivity index (χ0v) is 14.3. The fraction of sp³-hybridized carbons (Fsp3) is 0.471. The average Bonchev–Trinajstić information content (AvgIpc) is 2.82.